The maximum Gasteiger partial charge on any atom is 0.299 e. The van der Waals surface area contributed by atoms with Gasteiger partial charge in [0.25, 0.3) is 11.7 Å². The van der Waals surface area contributed by atoms with Gasteiger partial charge in [0.1, 0.15) is 0 Å². The van der Waals surface area contributed by atoms with Crippen LogP contribution >= 0.6 is 15.9 Å². The van der Waals surface area contributed by atoms with E-state index in [0.717, 1.165) is 23.9 Å². The second-order valence-corrected chi connectivity index (χ2v) is 5.43. The molecule has 3 rings (SSSR count). The van der Waals surface area contributed by atoms with Crippen LogP contribution in [-0.4, -0.2) is 23.6 Å². The topological polar surface area (TPSA) is 37.4 Å². The number of alkyl halides is 1. The number of carbonyl (C=O) groups excluding carboxylic acids is 2. The van der Waals surface area contributed by atoms with Crippen LogP contribution in [0.1, 0.15) is 23.2 Å². The molecule has 2 aliphatic rings. The number of halogens is 1. The molecule has 0 atom stereocenters. The normalized spacial score (nSPS) is 20.6. The van der Waals surface area contributed by atoms with E-state index in [1.54, 1.807) is 17.0 Å². The van der Waals surface area contributed by atoms with Crippen molar-refractivity contribution in [2.45, 2.75) is 12.8 Å². The Bertz CT molecular complexity index is 508. The highest BCUT2D eigenvalue weighted by atomic mass is 79.9. The Hall–Kier alpha value is -1.16. The van der Waals surface area contributed by atoms with Crippen LogP contribution < -0.4 is 4.90 Å². The fourth-order valence-corrected chi connectivity index (χ4v) is 2.99. The van der Waals surface area contributed by atoms with E-state index in [4.69, 9.17) is 0 Å². The first-order chi connectivity index (χ1) is 8.17. The molecular formula is C13H12BrNO2. The van der Waals surface area contributed by atoms with Crippen molar-refractivity contribution in [3.8, 4) is 0 Å². The number of para-hydroxylation sites is 1. The number of hydrogen-bond donors (Lipinski definition) is 0. The molecule has 17 heavy (non-hydrogen) atoms. The first kappa shape index (κ1) is 11.0. The van der Waals surface area contributed by atoms with Gasteiger partial charge in [-0.1, -0.05) is 28.1 Å². The van der Waals surface area contributed by atoms with Gasteiger partial charge in [-0.05, 0) is 30.4 Å². The molecule has 1 aliphatic heterocycles. The third kappa shape index (κ3) is 1.62. The van der Waals surface area contributed by atoms with Gasteiger partial charge in [0.2, 0.25) is 0 Å². The summed E-state index contributed by atoms with van der Waals surface area (Å²) >= 11 is 3.49. The molecule has 0 N–H and O–H groups in total. The maximum atomic E-state index is 11.9. The van der Waals surface area contributed by atoms with Crippen molar-refractivity contribution in [3.63, 3.8) is 0 Å². The minimum atomic E-state index is -0.376. The smallest absolute Gasteiger partial charge is 0.299 e. The Morgan fingerprint density at radius 3 is 2.59 bits per heavy atom. The average molecular weight is 294 g/mol. The summed E-state index contributed by atoms with van der Waals surface area (Å²) in [6.45, 7) is 0.653. The van der Waals surface area contributed by atoms with E-state index < -0.39 is 0 Å². The Balaban J connectivity index is 1.95. The standard InChI is InChI=1S/C13H12BrNO2/c14-7-13(5-6-13)8-15-10-4-2-1-3-9(10)11(16)12(15)17/h1-4H,5-8H2. The molecule has 1 fully saturated rings. The molecule has 0 saturated heterocycles. The lowest BCUT2D eigenvalue weighted by Gasteiger charge is -2.21. The molecule has 1 aromatic carbocycles. The summed E-state index contributed by atoms with van der Waals surface area (Å²) in [7, 11) is 0. The van der Waals surface area contributed by atoms with Gasteiger partial charge >= 0.3 is 0 Å². The number of nitrogens with zero attached hydrogens (tertiary/aromatic N) is 1. The molecule has 0 unspecified atom stereocenters. The Kier molecular flexibility index (Phi) is 2.36. The molecule has 4 heteroatoms. The van der Waals surface area contributed by atoms with Crippen molar-refractivity contribution in [1.29, 1.82) is 0 Å². The van der Waals surface area contributed by atoms with Gasteiger partial charge in [-0.25, -0.2) is 0 Å². The van der Waals surface area contributed by atoms with Crippen LogP contribution in [0.2, 0.25) is 0 Å². The van der Waals surface area contributed by atoms with Gasteiger partial charge in [0.15, 0.2) is 0 Å². The number of fused-ring (bicyclic) bond motifs is 1. The van der Waals surface area contributed by atoms with E-state index in [0.29, 0.717) is 12.1 Å². The summed E-state index contributed by atoms with van der Waals surface area (Å²) < 4.78 is 0. The highest BCUT2D eigenvalue weighted by Crippen LogP contribution is 2.49. The summed E-state index contributed by atoms with van der Waals surface area (Å²) in [6.07, 6.45) is 2.25. The molecule has 1 heterocycles. The van der Waals surface area contributed by atoms with Crippen LogP contribution in [0.25, 0.3) is 0 Å². The molecular weight excluding hydrogens is 282 g/mol. The van der Waals surface area contributed by atoms with Gasteiger partial charge in [0, 0.05) is 11.9 Å². The number of benzene rings is 1. The zero-order chi connectivity index (χ0) is 12.0. The predicted molar refractivity (Wildman–Crippen MR) is 68.6 cm³/mol. The molecule has 88 valence electrons. The number of anilines is 1. The van der Waals surface area contributed by atoms with E-state index in [2.05, 4.69) is 15.9 Å². The molecule has 1 aromatic rings. The highest BCUT2D eigenvalue weighted by Gasteiger charge is 2.47. The predicted octanol–water partition coefficient (Wildman–Crippen LogP) is 2.39. The zero-order valence-corrected chi connectivity index (χ0v) is 10.9. The van der Waals surface area contributed by atoms with Crippen molar-refractivity contribution in [2.24, 2.45) is 5.41 Å². The number of hydrogen-bond acceptors (Lipinski definition) is 2. The van der Waals surface area contributed by atoms with Crippen LogP contribution in [0.15, 0.2) is 24.3 Å². The summed E-state index contributed by atoms with van der Waals surface area (Å²) in [5, 5.41) is 0.889. The lowest BCUT2D eigenvalue weighted by atomic mass is 10.1. The van der Waals surface area contributed by atoms with Crippen molar-refractivity contribution in [2.75, 3.05) is 16.8 Å². The number of ketones is 1. The van der Waals surface area contributed by atoms with Gasteiger partial charge in [-0.15, -0.1) is 0 Å². The number of carbonyl (C=O) groups is 2. The second kappa shape index (κ2) is 3.67. The van der Waals surface area contributed by atoms with E-state index in [1.807, 2.05) is 12.1 Å². The second-order valence-electron chi connectivity index (χ2n) is 4.87. The summed E-state index contributed by atoms with van der Waals surface area (Å²) in [5.74, 6) is -0.746. The van der Waals surface area contributed by atoms with Crippen LogP contribution in [-0.2, 0) is 4.79 Å². The fourth-order valence-electron chi connectivity index (χ4n) is 2.25. The lowest BCUT2D eigenvalue weighted by molar-refractivity contribution is -0.114. The highest BCUT2D eigenvalue weighted by molar-refractivity contribution is 9.09. The summed E-state index contributed by atoms with van der Waals surface area (Å²) in [5.41, 5.74) is 1.51. The zero-order valence-electron chi connectivity index (χ0n) is 9.28. The minimum Gasteiger partial charge on any atom is -0.304 e. The molecule has 0 spiro atoms. The number of rotatable bonds is 3. The summed E-state index contributed by atoms with van der Waals surface area (Å²) in [6, 6.07) is 7.24. The lowest BCUT2D eigenvalue weighted by Crippen LogP contribution is -2.35. The molecule has 1 saturated carbocycles. The van der Waals surface area contributed by atoms with Crippen molar-refractivity contribution in [3.05, 3.63) is 29.8 Å². The van der Waals surface area contributed by atoms with Gasteiger partial charge in [-0.2, -0.15) is 0 Å². The first-order valence-corrected chi connectivity index (χ1v) is 6.80. The number of amides is 1. The first-order valence-electron chi connectivity index (χ1n) is 5.68. The third-order valence-electron chi connectivity index (χ3n) is 3.61. The minimum absolute atomic E-state index is 0.188. The molecule has 0 radical (unpaired) electrons. The monoisotopic (exact) mass is 293 g/mol. The average Bonchev–Trinajstić information content (AvgIpc) is 3.10. The summed E-state index contributed by atoms with van der Waals surface area (Å²) in [4.78, 5) is 25.4. The Morgan fingerprint density at radius 2 is 1.94 bits per heavy atom. The van der Waals surface area contributed by atoms with Crippen LogP contribution in [0.5, 0.6) is 0 Å². The maximum absolute atomic E-state index is 11.9. The van der Waals surface area contributed by atoms with Crippen LogP contribution in [0.4, 0.5) is 5.69 Å². The molecule has 3 nitrogen and oxygen atoms in total. The van der Waals surface area contributed by atoms with Crippen molar-refractivity contribution < 1.29 is 9.59 Å². The quantitative estimate of drug-likeness (QED) is 0.634. The van der Waals surface area contributed by atoms with Gasteiger partial charge < -0.3 is 4.90 Å². The van der Waals surface area contributed by atoms with Crippen molar-refractivity contribution in [1.82, 2.24) is 0 Å². The fraction of sp³-hybridized carbons (Fsp3) is 0.385. The van der Waals surface area contributed by atoms with E-state index in [-0.39, 0.29) is 17.1 Å². The Morgan fingerprint density at radius 1 is 1.24 bits per heavy atom. The largest absolute Gasteiger partial charge is 0.304 e. The van der Waals surface area contributed by atoms with E-state index >= 15 is 0 Å². The molecule has 1 aliphatic carbocycles. The van der Waals surface area contributed by atoms with Gasteiger partial charge in [0.05, 0.1) is 11.3 Å². The van der Waals surface area contributed by atoms with Crippen LogP contribution in [0, 0.1) is 5.41 Å². The van der Waals surface area contributed by atoms with Gasteiger partial charge in [-0.3, -0.25) is 9.59 Å². The number of Topliss-reactive ketones (excluding diaryl/α,β-unsaturated/α-hetero) is 1. The van der Waals surface area contributed by atoms with E-state index in [9.17, 15) is 9.59 Å². The van der Waals surface area contributed by atoms with Crippen molar-refractivity contribution >= 4 is 33.3 Å². The third-order valence-corrected chi connectivity index (χ3v) is 4.80. The van der Waals surface area contributed by atoms with E-state index in [1.165, 1.54) is 0 Å². The van der Waals surface area contributed by atoms with Crippen LogP contribution in [0.3, 0.4) is 0 Å². The Labute approximate surface area is 108 Å². The molecule has 0 bridgehead atoms. The molecule has 1 amide bonds. The molecule has 0 aromatic heterocycles. The SMILES string of the molecule is O=C1C(=O)N(CC2(CBr)CC2)c2ccccc21.